The van der Waals surface area contributed by atoms with E-state index in [-0.39, 0.29) is 11.5 Å². The van der Waals surface area contributed by atoms with E-state index in [0.717, 1.165) is 11.6 Å². The maximum absolute atomic E-state index is 12.2. The topological polar surface area (TPSA) is 95.5 Å². The number of phenolic OH excluding ortho intramolecular Hbond substituents is 1. The van der Waals surface area contributed by atoms with Gasteiger partial charge in [-0.2, -0.15) is 0 Å². The summed E-state index contributed by atoms with van der Waals surface area (Å²) in [6.45, 7) is 0. The monoisotopic (exact) mass is 310 g/mol. The van der Waals surface area contributed by atoms with Gasteiger partial charge in [-0.15, -0.1) is 0 Å². The van der Waals surface area contributed by atoms with E-state index in [0.29, 0.717) is 22.6 Å². The van der Waals surface area contributed by atoms with Crippen LogP contribution in [-0.2, 0) is 0 Å². The zero-order valence-electron chi connectivity index (χ0n) is 12.3. The van der Waals surface area contributed by atoms with E-state index in [1.54, 1.807) is 43.5 Å². The standard InChI is InChI=1S/C17H14N2O4/c1-22-13-4-5-15-11(6-13)7-16(23-15)17(21)19-12-3-2-10(9-18)14(20)8-12/h2-9,18,20H,1H3,(H,19,21). The highest BCUT2D eigenvalue weighted by atomic mass is 16.5. The summed E-state index contributed by atoms with van der Waals surface area (Å²) >= 11 is 0. The lowest BCUT2D eigenvalue weighted by atomic mass is 10.2. The summed E-state index contributed by atoms with van der Waals surface area (Å²) in [5, 5.41) is 20.2. The fraction of sp³-hybridized carbons (Fsp3) is 0.0588. The molecule has 6 nitrogen and oxygen atoms in total. The molecule has 0 aliphatic carbocycles. The Bertz CT molecular complexity index is 899. The zero-order valence-corrected chi connectivity index (χ0v) is 12.3. The SMILES string of the molecule is COc1ccc2oc(C(=O)Nc3ccc(C=N)c(O)c3)cc2c1. The fourth-order valence-corrected chi connectivity index (χ4v) is 2.20. The van der Waals surface area contributed by atoms with Crippen molar-refractivity contribution in [2.75, 3.05) is 12.4 Å². The summed E-state index contributed by atoms with van der Waals surface area (Å²) in [5.41, 5.74) is 1.37. The number of aromatic hydroxyl groups is 1. The molecule has 3 aromatic rings. The molecule has 0 fully saturated rings. The molecular weight excluding hydrogens is 296 g/mol. The normalized spacial score (nSPS) is 10.5. The molecule has 23 heavy (non-hydrogen) atoms. The van der Waals surface area contributed by atoms with Crippen molar-refractivity contribution < 1.29 is 19.1 Å². The van der Waals surface area contributed by atoms with Crippen molar-refractivity contribution in [2.45, 2.75) is 0 Å². The molecule has 1 heterocycles. The summed E-state index contributed by atoms with van der Waals surface area (Å²) in [4.78, 5) is 12.2. The molecule has 0 atom stereocenters. The molecule has 1 aromatic heterocycles. The van der Waals surface area contributed by atoms with Crippen LogP contribution in [0.2, 0.25) is 0 Å². The molecule has 0 bridgehead atoms. The second-order valence-corrected chi connectivity index (χ2v) is 4.89. The van der Waals surface area contributed by atoms with Crippen molar-refractivity contribution in [3.8, 4) is 11.5 Å². The minimum Gasteiger partial charge on any atom is -0.507 e. The molecular formula is C17H14N2O4. The van der Waals surface area contributed by atoms with E-state index in [4.69, 9.17) is 14.6 Å². The van der Waals surface area contributed by atoms with Gasteiger partial charge in [0.15, 0.2) is 5.76 Å². The van der Waals surface area contributed by atoms with Crippen molar-refractivity contribution in [3.63, 3.8) is 0 Å². The predicted molar refractivity (Wildman–Crippen MR) is 86.7 cm³/mol. The van der Waals surface area contributed by atoms with Crippen LogP contribution in [0, 0.1) is 5.41 Å². The van der Waals surface area contributed by atoms with Crippen molar-refractivity contribution in [1.82, 2.24) is 0 Å². The van der Waals surface area contributed by atoms with Gasteiger partial charge in [0.25, 0.3) is 5.91 Å². The summed E-state index contributed by atoms with van der Waals surface area (Å²) in [6.07, 6.45) is 1.04. The summed E-state index contributed by atoms with van der Waals surface area (Å²) in [5.74, 6) is 0.329. The summed E-state index contributed by atoms with van der Waals surface area (Å²) in [6, 6.07) is 11.4. The van der Waals surface area contributed by atoms with Crippen molar-refractivity contribution in [2.24, 2.45) is 0 Å². The second kappa shape index (κ2) is 5.84. The number of carbonyl (C=O) groups excluding carboxylic acids is 1. The van der Waals surface area contributed by atoms with Gasteiger partial charge < -0.3 is 25.0 Å². The van der Waals surface area contributed by atoms with Crippen LogP contribution in [0.25, 0.3) is 11.0 Å². The number of carbonyl (C=O) groups is 1. The van der Waals surface area contributed by atoms with Crippen LogP contribution in [0.5, 0.6) is 11.5 Å². The van der Waals surface area contributed by atoms with E-state index < -0.39 is 5.91 Å². The van der Waals surface area contributed by atoms with Gasteiger partial charge in [0.2, 0.25) is 0 Å². The molecule has 3 N–H and O–H groups in total. The lowest BCUT2D eigenvalue weighted by molar-refractivity contribution is 0.0998. The quantitative estimate of drug-likeness (QED) is 0.644. The molecule has 2 aromatic carbocycles. The van der Waals surface area contributed by atoms with Gasteiger partial charge in [-0.25, -0.2) is 0 Å². The molecule has 0 unspecified atom stereocenters. The first-order chi connectivity index (χ1) is 11.1. The Hall–Kier alpha value is -3.28. The van der Waals surface area contributed by atoms with Crippen LogP contribution >= 0.6 is 0 Å². The molecule has 0 aliphatic heterocycles. The number of hydrogen-bond acceptors (Lipinski definition) is 5. The Labute approximate surface area is 131 Å². The zero-order chi connectivity index (χ0) is 16.4. The number of phenols is 1. The number of hydrogen-bond donors (Lipinski definition) is 3. The van der Waals surface area contributed by atoms with Crippen LogP contribution in [0.3, 0.4) is 0 Å². The van der Waals surface area contributed by atoms with Gasteiger partial charge in [-0.1, -0.05) is 0 Å². The van der Waals surface area contributed by atoms with Crippen LogP contribution < -0.4 is 10.1 Å². The smallest absolute Gasteiger partial charge is 0.291 e. The molecule has 116 valence electrons. The van der Waals surface area contributed by atoms with E-state index in [1.165, 1.54) is 6.07 Å². The number of fused-ring (bicyclic) bond motifs is 1. The number of methoxy groups -OCH3 is 1. The van der Waals surface area contributed by atoms with E-state index in [1.807, 2.05) is 0 Å². The second-order valence-electron chi connectivity index (χ2n) is 4.89. The Morgan fingerprint density at radius 3 is 2.78 bits per heavy atom. The van der Waals surface area contributed by atoms with Crippen LogP contribution in [0.15, 0.2) is 46.9 Å². The first-order valence-corrected chi connectivity index (χ1v) is 6.83. The molecule has 6 heteroatoms. The number of anilines is 1. The Balaban J connectivity index is 1.85. The van der Waals surface area contributed by atoms with Crippen molar-refractivity contribution >= 4 is 28.8 Å². The first-order valence-electron chi connectivity index (χ1n) is 6.83. The summed E-state index contributed by atoms with van der Waals surface area (Å²) < 4.78 is 10.6. The van der Waals surface area contributed by atoms with E-state index in [2.05, 4.69) is 5.32 Å². The average Bonchev–Trinajstić information content (AvgIpc) is 2.98. The molecule has 3 rings (SSSR count). The Kier molecular flexibility index (Phi) is 3.72. The first kappa shape index (κ1) is 14.6. The third-order valence-electron chi connectivity index (χ3n) is 3.39. The maximum atomic E-state index is 12.2. The van der Waals surface area contributed by atoms with E-state index in [9.17, 15) is 9.90 Å². The van der Waals surface area contributed by atoms with Crippen molar-refractivity contribution in [3.05, 3.63) is 53.8 Å². The molecule has 1 amide bonds. The van der Waals surface area contributed by atoms with Gasteiger partial charge in [0.1, 0.15) is 17.1 Å². The van der Waals surface area contributed by atoms with Crippen molar-refractivity contribution in [1.29, 1.82) is 5.41 Å². The van der Waals surface area contributed by atoms with Gasteiger partial charge in [-0.3, -0.25) is 4.79 Å². The van der Waals surface area contributed by atoms with Crippen LogP contribution in [0.4, 0.5) is 5.69 Å². The van der Waals surface area contributed by atoms with Gasteiger partial charge in [0, 0.05) is 28.9 Å². The highest BCUT2D eigenvalue weighted by Gasteiger charge is 2.13. The van der Waals surface area contributed by atoms with Gasteiger partial charge in [-0.05, 0) is 36.4 Å². The third-order valence-corrected chi connectivity index (χ3v) is 3.39. The predicted octanol–water partition coefficient (Wildman–Crippen LogP) is 3.40. The number of nitrogens with one attached hydrogen (secondary N) is 2. The van der Waals surface area contributed by atoms with Gasteiger partial charge in [0.05, 0.1) is 7.11 Å². The number of furan rings is 1. The number of amides is 1. The number of ether oxygens (including phenoxy) is 1. The number of rotatable bonds is 4. The largest absolute Gasteiger partial charge is 0.507 e. The fourth-order valence-electron chi connectivity index (χ4n) is 2.20. The molecule has 0 spiro atoms. The minimum atomic E-state index is -0.429. The van der Waals surface area contributed by atoms with E-state index >= 15 is 0 Å². The summed E-state index contributed by atoms with van der Waals surface area (Å²) in [7, 11) is 1.57. The maximum Gasteiger partial charge on any atom is 0.291 e. The highest BCUT2D eigenvalue weighted by Crippen LogP contribution is 2.25. The van der Waals surface area contributed by atoms with Gasteiger partial charge >= 0.3 is 0 Å². The Morgan fingerprint density at radius 1 is 1.26 bits per heavy atom. The molecule has 0 radical (unpaired) electrons. The third kappa shape index (κ3) is 2.87. The molecule has 0 aliphatic rings. The lowest BCUT2D eigenvalue weighted by Crippen LogP contribution is -2.10. The van der Waals surface area contributed by atoms with Crippen LogP contribution in [-0.4, -0.2) is 24.3 Å². The molecule has 0 saturated carbocycles. The highest BCUT2D eigenvalue weighted by molar-refractivity contribution is 6.05. The number of benzene rings is 2. The average molecular weight is 310 g/mol. The minimum absolute atomic E-state index is 0.0767. The lowest BCUT2D eigenvalue weighted by Gasteiger charge is -2.05. The van der Waals surface area contributed by atoms with Crippen LogP contribution in [0.1, 0.15) is 16.1 Å². The Morgan fingerprint density at radius 2 is 2.09 bits per heavy atom. The molecule has 0 saturated heterocycles.